The van der Waals surface area contributed by atoms with Crippen molar-refractivity contribution in [3.05, 3.63) is 62.6 Å². The lowest BCUT2D eigenvalue weighted by molar-refractivity contribution is -0.384. The average Bonchev–Trinajstić information content (AvgIpc) is 3.00. The van der Waals surface area contributed by atoms with Gasteiger partial charge in [-0.25, -0.2) is 9.59 Å². The topological polar surface area (TPSA) is 109 Å². The van der Waals surface area contributed by atoms with Crippen molar-refractivity contribution < 1.29 is 28.4 Å². The first-order valence-corrected chi connectivity index (χ1v) is 6.57. The number of carbonyl (C=O) groups is 2. The van der Waals surface area contributed by atoms with Gasteiger partial charge in [0.15, 0.2) is 0 Å². The molecule has 0 radical (unpaired) electrons. The standard InChI is InChI=1S/C14H10ClNO7/c1-21-14(18)12-8(4-5-22-12)7-23-13(17)10-6-9(16(19)20)2-3-11(10)15/h2-6H,7H2,1H3. The zero-order chi connectivity index (χ0) is 17.0. The minimum Gasteiger partial charge on any atom is -0.463 e. The number of furan rings is 1. The number of carbonyl (C=O) groups excluding carboxylic acids is 2. The second-order valence-electron chi connectivity index (χ2n) is 4.26. The summed E-state index contributed by atoms with van der Waals surface area (Å²) in [7, 11) is 1.18. The van der Waals surface area contributed by atoms with Gasteiger partial charge in [-0.2, -0.15) is 0 Å². The number of nitrogens with zero attached hydrogens (tertiary/aromatic N) is 1. The Kier molecular flexibility index (Phi) is 4.97. The lowest BCUT2D eigenvalue weighted by Gasteiger charge is -2.06. The van der Waals surface area contributed by atoms with Crippen LogP contribution in [0.4, 0.5) is 5.69 Å². The van der Waals surface area contributed by atoms with Crippen LogP contribution >= 0.6 is 11.6 Å². The van der Waals surface area contributed by atoms with E-state index in [0.717, 1.165) is 6.07 Å². The van der Waals surface area contributed by atoms with Gasteiger partial charge < -0.3 is 13.9 Å². The summed E-state index contributed by atoms with van der Waals surface area (Å²) in [6.07, 6.45) is 1.25. The number of benzene rings is 1. The van der Waals surface area contributed by atoms with Crippen LogP contribution in [0.5, 0.6) is 0 Å². The summed E-state index contributed by atoms with van der Waals surface area (Å²) in [5, 5.41) is 10.7. The molecule has 2 aromatic rings. The zero-order valence-electron chi connectivity index (χ0n) is 11.8. The minimum absolute atomic E-state index is 0.0148. The van der Waals surface area contributed by atoms with E-state index in [1.54, 1.807) is 0 Å². The first kappa shape index (κ1) is 16.5. The van der Waals surface area contributed by atoms with Gasteiger partial charge in [-0.3, -0.25) is 10.1 Å². The molecule has 0 saturated heterocycles. The Morgan fingerprint density at radius 1 is 1.30 bits per heavy atom. The Bertz CT molecular complexity index is 768. The summed E-state index contributed by atoms with van der Waals surface area (Å²) in [6, 6.07) is 4.86. The van der Waals surface area contributed by atoms with Gasteiger partial charge >= 0.3 is 11.9 Å². The molecule has 0 amide bonds. The highest BCUT2D eigenvalue weighted by molar-refractivity contribution is 6.33. The molecule has 9 heteroatoms. The number of methoxy groups -OCH3 is 1. The van der Waals surface area contributed by atoms with Gasteiger partial charge in [0.05, 0.1) is 28.9 Å². The van der Waals surface area contributed by atoms with Crippen LogP contribution in [0.3, 0.4) is 0 Å². The largest absolute Gasteiger partial charge is 0.463 e. The maximum absolute atomic E-state index is 12.0. The number of non-ortho nitro benzene ring substituents is 1. The number of ether oxygens (including phenoxy) is 2. The van der Waals surface area contributed by atoms with Crippen LogP contribution < -0.4 is 0 Å². The van der Waals surface area contributed by atoms with Gasteiger partial charge in [-0.15, -0.1) is 0 Å². The van der Waals surface area contributed by atoms with E-state index in [4.69, 9.17) is 20.8 Å². The maximum Gasteiger partial charge on any atom is 0.374 e. The summed E-state index contributed by atoms with van der Waals surface area (Å²) >= 11 is 5.84. The summed E-state index contributed by atoms with van der Waals surface area (Å²) in [4.78, 5) is 33.5. The summed E-state index contributed by atoms with van der Waals surface area (Å²) in [5.74, 6) is -1.67. The third-order valence-corrected chi connectivity index (χ3v) is 3.19. The Morgan fingerprint density at radius 3 is 2.70 bits per heavy atom. The van der Waals surface area contributed by atoms with E-state index in [1.165, 1.54) is 31.6 Å². The van der Waals surface area contributed by atoms with Gasteiger partial charge in [-0.1, -0.05) is 11.6 Å². The molecule has 0 unspecified atom stereocenters. The average molecular weight is 340 g/mol. The van der Waals surface area contributed by atoms with Crippen molar-refractivity contribution in [2.24, 2.45) is 0 Å². The molecule has 120 valence electrons. The zero-order valence-corrected chi connectivity index (χ0v) is 12.5. The fourth-order valence-electron chi connectivity index (χ4n) is 1.73. The highest BCUT2D eigenvalue weighted by Gasteiger charge is 2.20. The third kappa shape index (κ3) is 3.67. The van der Waals surface area contributed by atoms with E-state index < -0.39 is 16.9 Å². The highest BCUT2D eigenvalue weighted by Crippen LogP contribution is 2.23. The molecule has 0 fully saturated rings. The Balaban J connectivity index is 2.15. The molecule has 8 nitrogen and oxygen atoms in total. The molecule has 2 rings (SSSR count). The van der Waals surface area contributed by atoms with Crippen LogP contribution in [0.2, 0.25) is 5.02 Å². The van der Waals surface area contributed by atoms with Crippen molar-refractivity contribution >= 4 is 29.2 Å². The number of rotatable bonds is 5. The number of halogens is 1. The van der Waals surface area contributed by atoms with Crippen LogP contribution in [-0.4, -0.2) is 24.0 Å². The van der Waals surface area contributed by atoms with Crippen molar-refractivity contribution in [2.75, 3.05) is 7.11 Å². The summed E-state index contributed by atoms with van der Waals surface area (Å²) in [5.41, 5.74) is -0.143. The van der Waals surface area contributed by atoms with E-state index in [9.17, 15) is 19.7 Å². The molecule has 23 heavy (non-hydrogen) atoms. The molecule has 0 bridgehead atoms. The monoisotopic (exact) mass is 339 g/mol. The van der Waals surface area contributed by atoms with Gasteiger partial charge in [0, 0.05) is 17.7 Å². The van der Waals surface area contributed by atoms with E-state index in [0.29, 0.717) is 5.56 Å². The van der Waals surface area contributed by atoms with Crippen molar-refractivity contribution in [1.29, 1.82) is 0 Å². The second kappa shape index (κ2) is 6.93. The lowest BCUT2D eigenvalue weighted by Crippen LogP contribution is -2.09. The van der Waals surface area contributed by atoms with Gasteiger partial charge in [0.2, 0.25) is 5.76 Å². The molecule has 0 spiro atoms. The molecule has 0 aliphatic carbocycles. The number of hydrogen-bond acceptors (Lipinski definition) is 7. The smallest absolute Gasteiger partial charge is 0.374 e. The minimum atomic E-state index is -0.865. The molecule has 0 N–H and O–H groups in total. The second-order valence-corrected chi connectivity index (χ2v) is 4.67. The van der Waals surface area contributed by atoms with Crippen molar-refractivity contribution in [3.8, 4) is 0 Å². The molecule has 0 aliphatic heterocycles. The number of hydrogen-bond donors (Lipinski definition) is 0. The molecular formula is C14H10ClNO7. The molecule has 0 aliphatic rings. The van der Waals surface area contributed by atoms with Crippen molar-refractivity contribution in [2.45, 2.75) is 6.61 Å². The SMILES string of the molecule is COC(=O)c1occc1COC(=O)c1cc([N+](=O)[O-])ccc1Cl. The molecule has 0 saturated carbocycles. The Morgan fingerprint density at radius 2 is 2.04 bits per heavy atom. The van der Waals surface area contributed by atoms with Crippen LogP contribution in [0.15, 0.2) is 34.9 Å². The Hall–Kier alpha value is -2.87. The van der Waals surface area contributed by atoms with Crippen LogP contribution in [0, 0.1) is 10.1 Å². The molecule has 1 aromatic heterocycles. The van der Waals surface area contributed by atoms with Crippen LogP contribution in [0.1, 0.15) is 26.5 Å². The molecular weight excluding hydrogens is 330 g/mol. The van der Waals surface area contributed by atoms with Gasteiger partial charge in [0.1, 0.15) is 6.61 Å². The van der Waals surface area contributed by atoms with E-state index >= 15 is 0 Å². The number of nitro groups is 1. The predicted molar refractivity (Wildman–Crippen MR) is 77.3 cm³/mol. The van der Waals surface area contributed by atoms with E-state index in [1.807, 2.05) is 0 Å². The first-order chi connectivity index (χ1) is 10.9. The summed E-state index contributed by atoms with van der Waals surface area (Å²) < 4.78 is 14.5. The lowest BCUT2D eigenvalue weighted by atomic mass is 10.2. The quantitative estimate of drug-likeness (QED) is 0.468. The Labute approximate surface area is 134 Å². The number of nitro benzene ring substituents is 1. The van der Waals surface area contributed by atoms with Crippen molar-refractivity contribution in [1.82, 2.24) is 0 Å². The fourth-order valence-corrected chi connectivity index (χ4v) is 1.92. The van der Waals surface area contributed by atoms with Crippen LogP contribution in [0.25, 0.3) is 0 Å². The van der Waals surface area contributed by atoms with Crippen LogP contribution in [-0.2, 0) is 16.1 Å². The predicted octanol–water partition coefficient (Wildman–Crippen LogP) is 2.98. The van der Waals surface area contributed by atoms with Gasteiger partial charge in [0.25, 0.3) is 5.69 Å². The maximum atomic E-state index is 12.0. The highest BCUT2D eigenvalue weighted by atomic mass is 35.5. The molecule has 1 aromatic carbocycles. The van der Waals surface area contributed by atoms with Gasteiger partial charge in [-0.05, 0) is 12.1 Å². The third-order valence-electron chi connectivity index (χ3n) is 2.86. The normalized spacial score (nSPS) is 10.2. The molecule has 0 atom stereocenters. The number of esters is 2. The van der Waals surface area contributed by atoms with E-state index in [-0.39, 0.29) is 28.6 Å². The first-order valence-electron chi connectivity index (χ1n) is 6.19. The molecule has 1 heterocycles. The van der Waals surface area contributed by atoms with E-state index in [2.05, 4.69) is 4.74 Å². The van der Waals surface area contributed by atoms with Crippen molar-refractivity contribution in [3.63, 3.8) is 0 Å². The summed E-state index contributed by atoms with van der Waals surface area (Å²) in [6.45, 7) is -0.279. The fraction of sp³-hybridized carbons (Fsp3) is 0.143.